The van der Waals surface area contributed by atoms with Gasteiger partial charge in [0.25, 0.3) is 5.91 Å². The molecular formula is C12H14FNO3. The lowest BCUT2D eigenvalue weighted by Crippen LogP contribution is -2.25. The van der Waals surface area contributed by atoms with Crippen LogP contribution >= 0.6 is 0 Å². The molecule has 0 fully saturated rings. The van der Waals surface area contributed by atoms with Crippen molar-refractivity contribution in [2.45, 2.75) is 19.3 Å². The lowest BCUT2D eigenvalue weighted by Gasteiger charge is -2.05. The largest absolute Gasteiger partial charge is 0.481 e. The van der Waals surface area contributed by atoms with Gasteiger partial charge in [-0.2, -0.15) is 0 Å². The molecule has 0 spiro atoms. The number of carboxylic acids is 1. The molecule has 1 aromatic rings. The third-order valence-corrected chi connectivity index (χ3v) is 2.22. The molecule has 0 aliphatic carbocycles. The molecule has 0 bridgehead atoms. The predicted octanol–water partition coefficient (Wildman–Crippen LogP) is 1.81. The Hall–Kier alpha value is -1.91. The molecular weight excluding hydrogens is 225 g/mol. The van der Waals surface area contributed by atoms with Crippen LogP contribution in [0.4, 0.5) is 4.39 Å². The van der Waals surface area contributed by atoms with Gasteiger partial charge in [-0.3, -0.25) is 9.59 Å². The van der Waals surface area contributed by atoms with E-state index in [1.54, 1.807) is 6.07 Å². The number of benzene rings is 1. The van der Waals surface area contributed by atoms with Crippen molar-refractivity contribution in [3.63, 3.8) is 0 Å². The molecule has 5 heteroatoms. The number of halogens is 1. The highest BCUT2D eigenvalue weighted by Gasteiger charge is 2.09. The van der Waals surface area contributed by atoms with Crippen LogP contribution in [-0.2, 0) is 4.79 Å². The molecule has 0 radical (unpaired) electrons. The van der Waals surface area contributed by atoms with Gasteiger partial charge in [-0.15, -0.1) is 0 Å². The Kier molecular flexibility index (Phi) is 5.13. The van der Waals surface area contributed by atoms with Gasteiger partial charge >= 0.3 is 5.97 Å². The number of nitrogens with one attached hydrogen (secondary N) is 1. The van der Waals surface area contributed by atoms with Crippen LogP contribution in [0.5, 0.6) is 0 Å². The first kappa shape index (κ1) is 13.2. The van der Waals surface area contributed by atoms with Gasteiger partial charge in [0.1, 0.15) is 5.82 Å². The van der Waals surface area contributed by atoms with Crippen LogP contribution in [0.2, 0.25) is 0 Å². The minimum Gasteiger partial charge on any atom is -0.481 e. The molecule has 1 rings (SSSR count). The van der Waals surface area contributed by atoms with Gasteiger partial charge in [0.15, 0.2) is 0 Å². The first-order valence-corrected chi connectivity index (χ1v) is 5.36. The van der Waals surface area contributed by atoms with Crippen molar-refractivity contribution >= 4 is 11.9 Å². The topological polar surface area (TPSA) is 66.4 Å². The van der Waals surface area contributed by atoms with E-state index < -0.39 is 17.7 Å². The summed E-state index contributed by atoms with van der Waals surface area (Å²) in [6.07, 6.45) is 1.13. The maximum Gasteiger partial charge on any atom is 0.303 e. The highest BCUT2D eigenvalue weighted by molar-refractivity contribution is 5.94. The van der Waals surface area contributed by atoms with Gasteiger partial charge in [-0.25, -0.2) is 4.39 Å². The van der Waals surface area contributed by atoms with E-state index in [0.29, 0.717) is 19.4 Å². The van der Waals surface area contributed by atoms with Crippen molar-refractivity contribution in [1.29, 1.82) is 0 Å². The van der Waals surface area contributed by atoms with Crippen LogP contribution in [0.1, 0.15) is 29.6 Å². The van der Waals surface area contributed by atoms with Crippen molar-refractivity contribution in [2.75, 3.05) is 6.54 Å². The van der Waals surface area contributed by atoms with Gasteiger partial charge in [-0.1, -0.05) is 12.1 Å². The fourth-order valence-electron chi connectivity index (χ4n) is 1.34. The van der Waals surface area contributed by atoms with Crippen LogP contribution < -0.4 is 5.32 Å². The molecule has 0 unspecified atom stereocenters. The van der Waals surface area contributed by atoms with Gasteiger partial charge in [0.05, 0.1) is 5.56 Å². The monoisotopic (exact) mass is 239 g/mol. The number of carboxylic acid groups (broad SMARTS) is 1. The van der Waals surface area contributed by atoms with E-state index >= 15 is 0 Å². The molecule has 0 aliphatic rings. The van der Waals surface area contributed by atoms with E-state index in [1.165, 1.54) is 18.2 Å². The second-order valence-corrected chi connectivity index (χ2v) is 3.59. The minimum atomic E-state index is -0.856. The van der Waals surface area contributed by atoms with E-state index in [9.17, 15) is 14.0 Å². The highest BCUT2D eigenvalue weighted by atomic mass is 19.1. The van der Waals surface area contributed by atoms with E-state index in [2.05, 4.69) is 5.32 Å². The summed E-state index contributed by atoms with van der Waals surface area (Å²) in [5, 5.41) is 10.9. The fourth-order valence-corrected chi connectivity index (χ4v) is 1.34. The van der Waals surface area contributed by atoms with Crippen molar-refractivity contribution < 1.29 is 19.1 Å². The average Bonchev–Trinajstić information content (AvgIpc) is 2.28. The third-order valence-electron chi connectivity index (χ3n) is 2.22. The second-order valence-electron chi connectivity index (χ2n) is 3.59. The number of hydrogen-bond acceptors (Lipinski definition) is 2. The van der Waals surface area contributed by atoms with Gasteiger partial charge < -0.3 is 10.4 Å². The number of carbonyl (C=O) groups excluding carboxylic acids is 1. The molecule has 92 valence electrons. The summed E-state index contributed by atoms with van der Waals surface area (Å²) < 4.78 is 13.2. The Labute approximate surface area is 98.5 Å². The van der Waals surface area contributed by atoms with Crippen LogP contribution in [0.15, 0.2) is 24.3 Å². The Morgan fingerprint density at radius 2 is 1.94 bits per heavy atom. The van der Waals surface area contributed by atoms with Crippen molar-refractivity contribution in [3.8, 4) is 0 Å². The number of carbonyl (C=O) groups is 2. The van der Waals surface area contributed by atoms with Gasteiger partial charge in [-0.05, 0) is 25.0 Å². The molecule has 1 amide bonds. The first-order chi connectivity index (χ1) is 8.11. The lowest BCUT2D eigenvalue weighted by atomic mass is 10.2. The van der Waals surface area contributed by atoms with Crippen LogP contribution in [0.25, 0.3) is 0 Å². The Bertz CT molecular complexity index is 406. The average molecular weight is 239 g/mol. The number of amides is 1. The normalized spacial score (nSPS) is 9.94. The summed E-state index contributed by atoms with van der Waals surface area (Å²) in [5.74, 6) is -1.89. The van der Waals surface area contributed by atoms with Crippen LogP contribution in [-0.4, -0.2) is 23.5 Å². The zero-order valence-corrected chi connectivity index (χ0v) is 9.28. The minimum absolute atomic E-state index is 0.00531. The van der Waals surface area contributed by atoms with Crippen LogP contribution in [0.3, 0.4) is 0 Å². The molecule has 0 aromatic heterocycles. The first-order valence-electron chi connectivity index (χ1n) is 5.36. The smallest absolute Gasteiger partial charge is 0.303 e. The predicted molar refractivity (Wildman–Crippen MR) is 60.2 cm³/mol. The SMILES string of the molecule is O=C(O)CCCCNC(=O)c1ccccc1F. The van der Waals surface area contributed by atoms with E-state index in [-0.39, 0.29) is 12.0 Å². The van der Waals surface area contributed by atoms with E-state index in [1.807, 2.05) is 0 Å². The second kappa shape index (κ2) is 6.62. The summed E-state index contributed by atoms with van der Waals surface area (Å²) in [6, 6.07) is 5.72. The van der Waals surface area contributed by atoms with Crippen molar-refractivity contribution in [1.82, 2.24) is 5.32 Å². The van der Waals surface area contributed by atoms with Crippen LogP contribution in [0, 0.1) is 5.82 Å². The summed E-state index contributed by atoms with van der Waals surface area (Å²) in [6.45, 7) is 0.348. The fraction of sp³-hybridized carbons (Fsp3) is 0.333. The van der Waals surface area contributed by atoms with Gasteiger partial charge in [0.2, 0.25) is 0 Å². The standard InChI is InChI=1S/C12H14FNO3/c13-10-6-2-1-5-9(10)12(17)14-8-4-3-7-11(15)16/h1-2,5-6H,3-4,7-8H2,(H,14,17)(H,15,16). The maximum atomic E-state index is 13.2. The molecule has 2 N–H and O–H groups in total. The molecule has 0 atom stereocenters. The number of hydrogen-bond donors (Lipinski definition) is 2. The number of aliphatic carboxylic acids is 1. The third kappa shape index (κ3) is 4.63. The van der Waals surface area contributed by atoms with Crippen molar-refractivity contribution in [3.05, 3.63) is 35.6 Å². The Morgan fingerprint density at radius 1 is 1.24 bits per heavy atom. The molecule has 17 heavy (non-hydrogen) atoms. The maximum absolute atomic E-state index is 13.2. The van der Waals surface area contributed by atoms with E-state index in [4.69, 9.17) is 5.11 Å². The highest BCUT2D eigenvalue weighted by Crippen LogP contribution is 2.05. The molecule has 4 nitrogen and oxygen atoms in total. The Morgan fingerprint density at radius 3 is 2.59 bits per heavy atom. The Balaban J connectivity index is 2.31. The number of rotatable bonds is 6. The molecule has 0 saturated carbocycles. The lowest BCUT2D eigenvalue weighted by molar-refractivity contribution is -0.137. The molecule has 1 aromatic carbocycles. The summed E-state index contributed by atoms with van der Waals surface area (Å²) in [4.78, 5) is 21.7. The molecule has 0 heterocycles. The number of unbranched alkanes of at least 4 members (excludes halogenated alkanes) is 1. The van der Waals surface area contributed by atoms with E-state index in [0.717, 1.165) is 0 Å². The zero-order chi connectivity index (χ0) is 12.7. The summed E-state index contributed by atoms with van der Waals surface area (Å²) in [7, 11) is 0. The molecule has 0 saturated heterocycles. The van der Waals surface area contributed by atoms with Crippen molar-refractivity contribution in [2.24, 2.45) is 0 Å². The quantitative estimate of drug-likeness (QED) is 0.744. The van der Waals surface area contributed by atoms with Gasteiger partial charge in [0, 0.05) is 13.0 Å². The summed E-state index contributed by atoms with van der Waals surface area (Å²) in [5.41, 5.74) is 0.00531. The summed E-state index contributed by atoms with van der Waals surface area (Å²) >= 11 is 0. The zero-order valence-electron chi connectivity index (χ0n) is 9.28. The molecule has 0 aliphatic heterocycles.